The van der Waals surface area contributed by atoms with E-state index in [0.717, 1.165) is 21.4 Å². The first-order chi connectivity index (χ1) is 8.06. The molecule has 0 aliphatic carbocycles. The topological polar surface area (TPSA) is 57.8 Å². The molecule has 0 atom stereocenters. The van der Waals surface area contributed by atoms with Gasteiger partial charge in [-0.15, -0.1) is 0 Å². The number of amides is 1. The number of aromatic nitrogens is 2. The number of rotatable bonds is 2. The van der Waals surface area contributed by atoms with Crippen molar-refractivity contribution in [1.29, 1.82) is 0 Å². The lowest BCUT2D eigenvalue weighted by Gasteiger charge is -2.07. The van der Waals surface area contributed by atoms with Crippen molar-refractivity contribution in [2.45, 2.75) is 13.8 Å². The van der Waals surface area contributed by atoms with E-state index in [1.807, 2.05) is 32.0 Å². The fourth-order valence-corrected chi connectivity index (χ4v) is 1.96. The summed E-state index contributed by atoms with van der Waals surface area (Å²) in [5.74, 6) is -0.209. The number of H-pyrrole nitrogens is 1. The third-order valence-corrected chi connectivity index (χ3v) is 2.87. The van der Waals surface area contributed by atoms with Gasteiger partial charge in [-0.1, -0.05) is 15.9 Å². The third-order valence-electron chi connectivity index (χ3n) is 2.38. The molecular formula is C12H12BrN3O. The number of nitrogens with one attached hydrogen (secondary N) is 2. The van der Waals surface area contributed by atoms with E-state index >= 15 is 0 Å². The van der Waals surface area contributed by atoms with E-state index < -0.39 is 0 Å². The predicted octanol–water partition coefficient (Wildman–Crippen LogP) is 3.04. The Balaban J connectivity index is 2.18. The van der Waals surface area contributed by atoms with Crippen molar-refractivity contribution in [3.05, 3.63) is 45.7 Å². The van der Waals surface area contributed by atoms with E-state index in [1.165, 1.54) is 0 Å². The summed E-state index contributed by atoms with van der Waals surface area (Å²) in [5.41, 5.74) is 3.05. The molecule has 0 bridgehead atoms. The van der Waals surface area contributed by atoms with Crippen LogP contribution < -0.4 is 5.32 Å². The summed E-state index contributed by atoms with van der Waals surface area (Å²) in [6.45, 7) is 3.80. The van der Waals surface area contributed by atoms with Crippen LogP contribution in [0.5, 0.6) is 0 Å². The minimum absolute atomic E-state index is 0.209. The third kappa shape index (κ3) is 2.74. The standard InChI is InChI=1S/C12H12BrN3O/c1-7-5-9(13)3-4-10(7)14-12(17)11-6-8(2)15-16-11/h3-6H,1-2H3,(H,14,17)(H,15,16). The first-order valence-corrected chi connectivity index (χ1v) is 5.95. The normalized spacial score (nSPS) is 10.3. The van der Waals surface area contributed by atoms with E-state index in [2.05, 4.69) is 31.4 Å². The van der Waals surface area contributed by atoms with Crippen LogP contribution in [-0.2, 0) is 0 Å². The zero-order valence-electron chi connectivity index (χ0n) is 9.54. The van der Waals surface area contributed by atoms with Gasteiger partial charge in [0.25, 0.3) is 5.91 Å². The van der Waals surface area contributed by atoms with Crippen molar-refractivity contribution >= 4 is 27.5 Å². The van der Waals surface area contributed by atoms with Gasteiger partial charge in [0, 0.05) is 15.9 Å². The van der Waals surface area contributed by atoms with Crippen molar-refractivity contribution in [3.8, 4) is 0 Å². The van der Waals surface area contributed by atoms with Gasteiger partial charge in [-0.25, -0.2) is 0 Å². The summed E-state index contributed by atoms with van der Waals surface area (Å²) in [5, 5.41) is 9.48. The number of aryl methyl sites for hydroxylation is 2. The number of halogens is 1. The molecule has 5 heteroatoms. The van der Waals surface area contributed by atoms with Gasteiger partial charge in [-0.3, -0.25) is 9.89 Å². The number of benzene rings is 1. The predicted molar refractivity (Wildman–Crippen MR) is 70.2 cm³/mol. The van der Waals surface area contributed by atoms with E-state index in [0.29, 0.717) is 5.69 Å². The summed E-state index contributed by atoms with van der Waals surface area (Å²) in [6.07, 6.45) is 0. The second-order valence-electron chi connectivity index (χ2n) is 3.85. The summed E-state index contributed by atoms with van der Waals surface area (Å²) < 4.78 is 0.989. The number of carbonyl (C=O) groups excluding carboxylic acids is 1. The quantitative estimate of drug-likeness (QED) is 0.894. The maximum Gasteiger partial charge on any atom is 0.276 e. The second kappa shape index (κ2) is 4.71. The van der Waals surface area contributed by atoms with Crippen LogP contribution in [0.25, 0.3) is 0 Å². The molecule has 1 aromatic heterocycles. The SMILES string of the molecule is Cc1cc(C(=O)Nc2ccc(Br)cc2C)n[nH]1. The van der Waals surface area contributed by atoms with Gasteiger partial charge in [0.2, 0.25) is 0 Å². The van der Waals surface area contributed by atoms with Crippen molar-refractivity contribution in [1.82, 2.24) is 10.2 Å². The number of hydrogen-bond donors (Lipinski definition) is 2. The second-order valence-corrected chi connectivity index (χ2v) is 4.77. The Morgan fingerprint density at radius 1 is 1.35 bits per heavy atom. The van der Waals surface area contributed by atoms with Crippen molar-refractivity contribution in [2.75, 3.05) is 5.32 Å². The van der Waals surface area contributed by atoms with Crippen LogP contribution in [0.2, 0.25) is 0 Å². The van der Waals surface area contributed by atoms with E-state index in [1.54, 1.807) is 6.07 Å². The molecule has 2 aromatic rings. The lowest BCUT2D eigenvalue weighted by Crippen LogP contribution is -2.13. The van der Waals surface area contributed by atoms with Crippen LogP contribution in [0.3, 0.4) is 0 Å². The monoisotopic (exact) mass is 293 g/mol. The molecule has 0 aliphatic heterocycles. The molecule has 0 saturated heterocycles. The molecule has 4 nitrogen and oxygen atoms in total. The van der Waals surface area contributed by atoms with Crippen molar-refractivity contribution in [2.24, 2.45) is 0 Å². The van der Waals surface area contributed by atoms with Crippen LogP contribution in [0.15, 0.2) is 28.7 Å². The van der Waals surface area contributed by atoms with Gasteiger partial charge < -0.3 is 5.32 Å². The Kier molecular flexibility index (Phi) is 3.28. The van der Waals surface area contributed by atoms with Crippen LogP contribution in [0.1, 0.15) is 21.7 Å². The van der Waals surface area contributed by atoms with Crippen LogP contribution in [0, 0.1) is 13.8 Å². The van der Waals surface area contributed by atoms with Crippen LogP contribution >= 0.6 is 15.9 Å². The number of hydrogen-bond acceptors (Lipinski definition) is 2. The molecule has 1 heterocycles. The maximum atomic E-state index is 11.9. The largest absolute Gasteiger partial charge is 0.320 e. The molecule has 2 rings (SSSR count). The number of aromatic amines is 1. The van der Waals surface area contributed by atoms with Crippen LogP contribution in [-0.4, -0.2) is 16.1 Å². The molecule has 17 heavy (non-hydrogen) atoms. The first kappa shape index (κ1) is 11.9. The summed E-state index contributed by atoms with van der Waals surface area (Å²) in [6, 6.07) is 7.41. The van der Waals surface area contributed by atoms with Gasteiger partial charge >= 0.3 is 0 Å². The lowest BCUT2D eigenvalue weighted by atomic mass is 10.2. The van der Waals surface area contributed by atoms with E-state index in [4.69, 9.17) is 0 Å². The minimum atomic E-state index is -0.209. The summed E-state index contributed by atoms with van der Waals surface area (Å²) in [7, 11) is 0. The molecular weight excluding hydrogens is 282 g/mol. The zero-order valence-corrected chi connectivity index (χ0v) is 11.1. The summed E-state index contributed by atoms with van der Waals surface area (Å²) in [4.78, 5) is 11.9. The first-order valence-electron chi connectivity index (χ1n) is 5.16. The Labute approximate surface area is 108 Å². The van der Waals surface area contributed by atoms with Gasteiger partial charge in [0.15, 0.2) is 5.69 Å². The Morgan fingerprint density at radius 2 is 2.12 bits per heavy atom. The van der Waals surface area contributed by atoms with Gasteiger partial charge in [0.05, 0.1) is 0 Å². The van der Waals surface area contributed by atoms with Crippen molar-refractivity contribution in [3.63, 3.8) is 0 Å². The lowest BCUT2D eigenvalue weighted by molar-refractivity contribution is 0.102. The molecule has 88 valence electrons. The number of nitrogens with zero attached hydrogens (tertiary/aromatic N) is 1. The van der Waals surface area contributed by atoms with Gasteiger partial charge in [0.1, 0.15) is 0 Å². The highest BCUT2D eigenvalue weighted by Gasteiger charge is 2.10. The molecule has 2 N–H and O–H groups in total. The molecule has 0 aliphatic rings. The highest BCUT2D eigenvalue weighted by molar-refractivity contribution is 9.10. The average Bonchev–Trinajstić information content (AvgIpc) is 2.69. The van der Waals surface area contributed by atoms with Gasteiger partial charge in [-0.2, -0.15) is 5.10 Å². The minimum Gasteiger partial charge on any atom is -0.320 e. The summed E-state index contributed by atoms with van der Waals surface area (Å²) >= 11 is 3.38. The van der Waals surface area contributed by atoms with E-state index in [9.17, 15) is 4.79 Å². The van der Waals surface area contributed by atoms with Gasteiger partial charge in [-0.05, 0) is 43.7 Å². The molecule has 1 amide bonds. The van der Waals surface area contributed by atoms with E-state index in [-0.39, 0.29) is 5.91 Å². The molecule has 0 spiro atoms. The molecule has 0 saturated carbocycles. The highest BCUT2D eigenvalue weighted by Crippen LogP contribution is 2.20. The zero-order chi connectivity index (χ0) is 12.4. The average molecular weight is 294 g/mol. The van der Waals surface area contributed by atoms with Crippen molar-refractivity contribution < 1.29 is 4.79 Å². The molecule has 0 radical (unpaired) electrons. The Morgan fingerprint density at radius 3 is 2.71 bits per heavy atom. The van der Waals surface area contributed by atoms with Crippen LogP contribution in [0.4, 0.5) is 5.69 Å². The smallest absolute Gasteiger partial charge is 0.276 e. The fourth-order valence-electron chi connectivity index (χ4n) is 1.49. The number of carbonyl (C=O) groups is 1. The fraction of sp³-hybridized carbons (Fsp3) is 0.167. The maximum absolute atomic E-state index is 11.9. The molecule has 1 aromatic carbocycles. The Hall–Kier alpha value is -1.62. The highest BCUT2D eigenvalue weighted by atomic mass is 79.9. The Bertz CT molecular complexity index is 563. The molecule has 0 unspecified atom stereocenters. The molecule has 0 fully saturated rings. The number of anilines is 1.